The summed E-state index contributed by atoms with van der Waals surface area (Å²) in [6.45, 7) is 3.87. The van der Waals surface area contributed by atoms with Crippen LogP contribution in [0.5, 0.6) is 5.75 Å². The summed E-state index contributed by atoms with van der Waals surface area (Å²) in [4.78, 5) is 4.23. The quantitative estimate of drug-likeness (QED) is 0.693. The minimum atomic E-state index is 0.602. The number of pyridine rings is 1. The van der Waals surface area contributed by atoms with Crippen LogP contribution < -0.4 is 15.8 Å². The van der Waals surface area contributed by atoms with E-state index in [4.69, 9.17) is 10.5 Å². The van der Waals surface area contributed by atoms with Gasteiger partial charge in [0.1, 0.15) is 11.6 Å². The Kier molecular flexibility index (Phi) is 5.64. The van der Waals surface area contributed by atoms with Crippen LogP contribution in [-0.2, 0) is 0 Å². The zero-order valence-corrected chi connectivity index (χ0v) is 10.1. The van der Waals surface area contributed by atoms with E-state index in [0.29, 0.717) is 5.92 Å². The van der Waals surface area contributed by atoms with Crippen molar-refractivity contribution in [1.29, 1.82) is 0 Å². The second kappa shape index (κ2) is 7.06. The number of methoxy groups -OCH3 is 1. The maximum absolute atomic E-state index is 5.55. The van der Waals surface area contributed by atoms with Gasteiger partial charge in [-0.15, -0.1) is 0 Å². The molecule has 0 aliphatic heterocycles. The van der Waals surface area contributed by atoms with Crippen molar-refractivity contribution in [1.82, 2.24) is 4.98 Å². The Bertz CT molecular complexity index is 287. The highest BCUT2D eigenvalue weighted by Crippen LogP contribution is 2.11. The van der Waals surface area contributed by atoms with Gasteiger partial charge >= 0.3 is 0 Å². The molecule has 0 saturated heterocycles. The third kappa shape index (κ3) is 4.49. The van der Waals surface area contributed by atoms with E-state index in [1.54, 1.807) is 13.3 Å². The Morgan fingerprint density at radius 3 is 2.88 bits per heavy atom. The molecule has 0 aliphatic rings. The van der Waals surface area contributed by atoms with Gasteiger partial charge in [0.15, 0.2) is 0 Å². The molecule has 0 spiro atoms. The number of aromatic nitrogens is 1. The summed E-state index contributed by atoms with van der Waals surface area (Å²) in [5.41, 5.74) is 5.55. The average molecular weight is 223 g/mol. The molecular formula is C12H21N3O. The topological polar surface area (TPSA) is 60.2 Å². The summed E-state index contributed by atoms with van der Waals surface area (Å²) in [6.07, 6.45) is 3.98. The zero-order chi connectivity index (χ0) is 11.8. The van der Waals surface area contributed by atoms with E-state index in [2.05, 4.69) is 17.2 Å². The molecular weight excluding hydrogens is 202 g/mol. The number of anilines is 1. The van der Waals surface area contributed by atoms with Crippen molar-refractivity contribution in [3.63, 3.8) is 0 Å². The molecule has 4 heteroatoms. The third-order valence-electron chi connectivity index (χ3n) is 2.55. The fraction of sp³-hybridized carbons (Fsp3) is 0.583. The molecule has 1 unspecified atom stereocenters. The highest BCUT2D eigenvalue weighted by atomic mass is 16.5. The second-order valence-corrected chi connectivity index (χ2v) is 3.99. The zero-order valence-electron chi connectivity index (χ0n) is 10.1. The van der Waals surface area contributed by atoms with E-state index in [1.165, 1.54) is 0 Å². The fourth-order valence-electron chi connectivity index (χ4n) is 1.39. The number of rotatable bonds is 7. The van der Waals surface area contributed by atoms with Crippen LogP contribution in [0.1, 0.15) is 19.8 Å². The molecule has 1 heterocycles. The number of hydrogen-bond donors (Lipinski definition) is 2. The maximum atomic E-state index is 5.55. The minimum absolute atomic E-state index is 0.602. The average Bonchev–Trinajstić information content (AvgIpc) is 2.35. The van der Waals surface area contributed by atoms with Gasteiger partial charge < -0.3 is 15.8 Å². The second-order valence-electron chi connectivity index (χ2n) is 3.99. The molecule has 0 bridgehead atoms. The largest absolute Gasteiger partial charge is 0.495 e. The highest BCUT2D eigenvalue weighted by Gasteiger charge is 1.99. The van der Waals surface area contributed by atoms with Gasteiger partial charge in [-0.05, 0) is 37.4 Å². The maximum Gasteiger partial charge on any atom is 0.137 e. The third-order valence-corrected chi connectivity index (χ3v) is 2.55. The molecule has 4 nitrogen and oxygen atoms in total. The lowest BCUT2D eigenvalue weighted by Gasteiger charge is -2.09. The first-order valence-corrected chi connectivity index (χ1v) is 5.70. The minimum Gasteiger partial charge on any atom is -0.495 e. The van der Waals surface area contributed by atoms with Gasteiger partial charge in [0.25, 0.3) is 0 Å². The number of nitrogens with two attached hydrogens (primary N) is 1. The first kappa shape index (κ1) is 12.8. The van der Waals surface area contributed by atoms with Crippen molar-refractivity contribution in [3.8, 4) is 5.75 Å². The van der Waals surface area contributed by atoms with Crippen molar-refractivity contribution < 1.29 is 4.74 Å². The van der Waals surface area contributed by atoms with Gasteiger partial charge in [0.05, 0.1) is 13.3 Å². The summed E-state index contributed by atoms with van der Waals surface area (Å²) in [7, 11) is 1.64. The van der Waals surface area contributed by atoms with Crippen LogP contribution in [0, 0.1) is 5.92 Å². The first-order valence-electron chi connectivity index (χ1n) is 5.70. The van der Waals surface area contributed by atoms with E-state index in [1.807, 2.05) is 12.1 Å². The standard InChI is InChI=1S/C12H21N3O/c1-10(8-13)4-3-7-14-12-6-5-11(16-2)9-15-12/h5-6,9-10H,3-4,7-8,13H2,1-2H3,(H,14,15). The van der Waals surface area contributed by atoms with Crippen LogP contribution >= 0.6 is 0 Å². The van der Waals surface area contributed by atoms with Gasteiger partial charge in [0, 0.05) is 6.54 Å². The molecule has 0 aromatic carbocycles. The van der Waals surface area contributed by atoms with Gasteiger partial charge in [0.2, 0.25) is 0 Å². The molecule has 1 aromatic rings. The van der Waals surface area contributed by atoms with Crippen LogP contribution in [0.15, 0.2) is 18.3 Å². The lowest BCUT2D eigenvalue weighted by molar-refractivity contribution is 0.413. The summed E-state index contributed by atoms with van der Waals surface area (Å²) in [6, 6.07) is 3.82. The molecule has 90 valence electrons. The monoisotopic (exact) mass is 223 g/mol. The molecule has 1 rings (SSSR count). The predicted molar refractivity (Wildman–Crippen MR) is 66.7 cm³/mol. The Balaban J connectivity index is 2.21. The van der Waals surface area contributed by atoms with E-state index >= 15 is 0 Å². The molecule has 0 saturated carbocycles. The molecule has 16 heavy (non-hydrogen) atoms. The van der Waals surface area contributed by atoms with Gasteiger partial charge in [-0.25, -0.2) is 4.98 Å². The fourth-order valence-corrected chi connectivity index (χ4v) is 1.39. The summed E-state index contributed by atoms with van der Waals surface area (Å²) in [5, 5.41) is 3.27. The summed E-state index contributed by atoms with van der Waals surface area (Å²) < 4.78 is 5.04. The van der Waals surface area contributed by atoms with Gasteiger partial charge in [-0.3, -0.25) is 0 Å². The highest BCUT2D eigenvalue weighted by molar-refractivity contribution is 5.37. The molecule has 0 amide bonds. The van der Waals surface area contributed by atoms with Gasteiger partial charge in [-0.1, -0.05) is 6.92 Å². The van der Waals surface area contributed by atoms with Crippen molar-refractivity contribution in [2.75, 3.05) is 25.5 Å². The van der Waals surface area contributed by atoms with Crippen LogP contribution in [0.3, 0.4) is 0 Å². The molecule has 3 N–H and O–H groups in total. The van der Waals surface area contributed by atoms with Crippen molar-refractivity contribution in [2.24, 2.45) is 11.7 Å². The van der Waals surface area contributed by atoms with Crippen LogP contribution in [0.4, 0.5) is 5.82 Å². The number of ether oxygens (including phenoxy) is 1. The molecule has 0 aliphatic carbocycles. The lowest BCUT2D eigenvalue weighted by Crippen LogP contribution is -2.12. The Morgan fingerprint density at radius 1 is 1.50 bits per heavy atom. The SMILES string of the molecule is COc1ccc(NCCCC(C)CN)nc1. The van der Waals surface area contributed by atoms with Crippen LogP contribution in [-0.4, -0.2) is 25.2 Å². The predicted octanol–water partition coefficient (Wildman–Crippen LogP) is 1.88. The van der Waals surface area contributed by atoms with E-state index in [-0.39, 0.29) is 0 Å². The van der Waals surface area contributed by atoms with Crippen LogP contribution in [0.25, 0.3) is 0 Å². The number of nitrogens with one attached hydrogen (secondary N) is 1. The summed E-state index contributed by atoms with van der Waals surface area (Å²) >= 11 is 0. The molecule has 0 radical (unpaired) electrons. The Morgan fingerprint density at radius 2 is 2.31 bits per heavy atom. The van der Waals surface area contributed by atoms with E-state index in [0.717, 1.165) is 37.5 Å². The van der Waals surface area contributed by atoms with Crippen molar-refractivity contribution in [3.05, 3.63) is 18.3 Å². The van der Waals surface area contributed by atoms with Crippen molar-refractivity contribution in [2.45, 2.75) is 19.8 Å². The van der Waals surface area contributed by atoms with Crippen LogP contribution in [0.2, 0.25) is 0 Å². The Labute approximate surface area is 97.2 Å². The molecule has 1 atom stereocenters. The number of hydrogen-bond acceptors (Lipinski definition) is 4. The lowest BCUT2D eigenvalue weighted by atomic mass is 10.1. The molecule has 1 aromatic heterocycles. The molecule has 0 fully saturated rings. The van der Waals surface area contributed by atoms with Gasteiger partial charge in [-0.2, -0.15) is 0 Å². The van der Waals surface area contributed by atoms with E-state index in [9.17, 15) is 0 Å². The van der Waals surface area contributed by atoms with Crippen molar-refractivity contribution >= 4 is 5.82 Å². The number of nitrogens with zero attached hydrogens (tertiary/aromatic N) is 1. The summed E-state index contributed by atoms with van der Waals surface area (Å²) in [5.74, 6) is 2.27. The Hall–Kier alpha value is -1.29. The van der Waals surface area contributed by atoms with E-state index < -0.39 is 0 Å². The normalized spacial score (nSPS) is 12.2. The smallest absolute Gasteiger partial charge is 0.137 e. The first-order chi connectivity index (χ1) is 7.76.